The maximum absolute atomic E-state index is 13.3. The van der Waals surface area contributed by atoms with Gasteiger partial charge in [0.1, 0.15) is 22.2 Å². The average Bonchev–Trinajstić information content (AvgIpc) is 2.68. The summed E-state index contributed by atoms with van der Waals surface area (Å²) in [7, 11) is -2.81. The van der Waals surface area contributed by atoms with E-state index in [4.69, 9.17) is 32.7 Å². The molecule has 0 N–H and O–H groups in total. The molecule has 0 aliphatic heterocycles. The molecule has 6 nitrogen and oxygen atoms in total. The molecule has 2 aromatic rings. The summed E-state index contributed by atoms with van der Waals surface area (Å²) < 4.78 is 37.6. The molecular weight excluding hydrogens is 425 g/mol. The fourth-order valence-corrected chi connectivity index (χ4v) is 4.75. The van der Waals surface area contributed by atoms with Gasteiger partial charge in [0.25, 0.3) is 10.0 Å². The molecule has 0 heterocycles. The van der Waals surface area contributed by atoms with E-state index in [0.29, 0.717) is 5.69 Å². The van der Waals surface area contributed by atoms with Crippen LogP contribution in [0, 0.1) is 0 Å². The molecule has 0 saturated carbocycles. The molecule has 2 rings (SSSR count). The number of halogens is 2. The van der Waals surface area contributed by atoms with Gasteiger partial charge in [-0.2, -0.15) is 0 Å². The van der Waals surface area contributed by atoms with Gasteiger partial charge in [0, 0.05) is 0 Å². The number of methoxy groups -OCH3 is 1. The zero-order valence-corrected chi connectivity index (χ0v) is 18.1. The number of carbonyl (C=O) groups is 1. The molecular formula is C19H21Cl2NO5S. The van der Waals surface area contributed by atoms with Crippen LogP contribution < -0.4 is 9.04 Å². The van der Waals surface area contributed by atoms with Crippen molar-refractivity contribution >= 4 is 44.9 Å². The second-order valence-electron chi connectivity index (χ2n) is 5.73. The smallest absolute Gasteiger partial charge is 0.326 e. The zero-order chi connectivity index (χ0) is 20.9. The molecule has 0 amide bonds. The number of hydrogen-bond donors (Lipinski definition) is 0. The van der Waals surface area contributed by atoms with Crippen molar-refractivity contribution in [3.63, 3.8) is 0 Å². The number of ether oxygens (including phenoxy) is 2. The summed E-state index contributed by atoms with van der Waals surface area (Å²) in [5.41, 5.74) is 1.34. The van der Waals surface area contributed by atoms with Crippen LogP contribution in [0.2, 0.25) is 10.0 Å². The first-order chi connectivity index (χ1) is 13.3. The lowest BCUT2D eigenvalue weighted by Gasteiger charge is -2.24. The Labute approximate surface area is 175 Å². The quantitative estimate of drug-likeness (QED) is 0.565. The largest absolute Gasteiger partial charge is 0.495 e. The Morgan fingerprint density at radius 1 is 1.04 bits per heavy atom. The van der Waals surface area contributed by atoms with Gasteiger partial charge >= 0.3 is 5.97 Å². The molecule has 0 aromatic heterocycles. The molecule has 0 aliphatic carbocycles. The summed E-state index contributed by atoms with van der Waals surface area (Å²) in [6.07, 6.45) is 0.796. The molecule has 28 heavy (non-hydrogen) atoms. The molecule has 2 aromatic carbocycles. The summed E-state index contributed by atoms with van der Waals surface area (Å²) in [6.45, 7) is 3.27. The molecule has 0 aliphatic rings. The second kappa shape index (κ2) is 9.49. The first-order valence-electron chi connectivity index (χ1n) is 8.55. The summed E-state index contributed by atoms with van der Waals surface area (Å²) in [5, 5.41) is -0.206. The second-order valence-corrected chi connectivity index (χ2v) is 8.32. The highest BCUT2D eigenvalue weighted by atomic mass is 35.5. The minimum absolute atomic E-state index is 0.0253. The Bertz CT molecular complexity index is 946. The summed E-state index contributed by atoms with van der Waals surface area (Å²) in [4.78, 5) is 11.8. The van der Waals surface area contributed by atoms with E-state index in [1.807, 2.05) is 6.92 Å². The number of nitrogens with zero attached hydrogens (tertiary/aromatic N) is 1. The predicted octanol–water partition coefficient (Wildman–Crippen LogP) is 4.32. The third-order valence-corrected chi connectivity index (χ3v) is 6.80. The minimum atomic E-state index is -4.20. The van der Waals surface area contributed by atoms with Crippen LogP contribution in [0.5, 0.6) is 5.75 Å². The lowest BCUT2D eigenvalue weighted by atomic mass is 10.1. The van der Waals surface area contributed by atoms with E-state index in [2.05, 4.69) is 0 Å². The van der Waals surface area contributed by atoms with Crippen molar-refractivity contribution < 1.29 is 22.7 Å². The Morgan fingerprint density at radius 2 is 1.68 bits per heavy atom. The van der Waals surface area contributed by atoms with Crippen molar-refractivity contribution in [2.75, 3.05) is 24.6 Å². The number of hydrogen-bond acceptors (Lipinski definition) is 5. The van der Waals surface area contributed by atoms with Crippen LogP contribution in [0.1, 0.15) is 19.4 Å². The SMILES string of the molecule is CCOC(=O)CN(c1ccc(CC)cc1)S(=O)(=O)c1ccc(OC)c(Cl)c1Cl. The lowest BCUT2D eigenvalue weighted by molar-refractivity contribution is -0.141. The molecule has 9 heteroatoms. The number of aryl methyl sites for hydroxylation is 1. The number of sulfonamides is 1. The minimum Gasteiger partial charge on any atom is -0.495 e. The zero-order valence-electron chi connectivity index (χ0n) is 15.7. The first kappa shape index (κ1) is 22.3. The van der Waals surface area contributed by atoms with E-state index >= 15 is 0 Å². The topological polar surface area (TPSA) is 72.9 Å². The maximum atomic E-state index is 13.3. The van der Waals surface area contributed by atoms with Gasteiger partial charge in [-0.3, -0.25) is 9.10 Å². The van der Waals surface area contributed by atoms with Gasteiger partial charge in [-0.25, -0.2) is 8.42 Å². The van der Waals surface area contributed by atoms with Gasteiger partial charge in [-0.15, -0.1) is 0 Å². The number of anilines is 1. The predicted molar refractivity (Wildman–Crippen MR) is 110 cm³/mol. The van der Waals surface area contributed by atoms with Crippen LogP contribution in [0.4, 0.5) is 5.69 Å². The Kier molecular flexibility index (Phi) is 7.57. The Balaban J connectivity index is 2.57. The number of rotatable bonds is 8. The maximum Gasteiger partial charge on any atom is 0.326 e. The van der Waals surface area contributed by atoms with Crippen LogP contribution in [-0.4, -0.2) is 34.6 Å². The van der Waals surface area contributed by atoms with Crippen molar-refractivity contribution in [2.45, 2.75) is 25.2 Å². The molecule has 152 valence electrons. The van der Waals surface area contributed by atoms with Crippen molar-refractivity contribution in [3.05, 3.63) is 52.0 Å². The first-order valence-corrected chi connectivity index (χ1v) is 10.7. The van der Waals surface area contributed by atoms with E-state index in [9.17, 15) is 13.2 Å². The van der Waals surface area contributed by atoms with Gasteiger partial charge in [0.05, 0.1) is 24.4 Å². The third kappa shape index (κ3) is 4.71. The fraction of sp³-hybridized carbons (Fsp3) is 0.316. The van der Waals surface area contributed by atoms with Crippen molar-refractivity contribution in [3.8, 4) is 5.75 Å². The lowest BCUT2D eigenvalue weighted by Crippen LogP contribution is -2.36. The molecule has 0 radical (unpaired) electrons. The van der Waals surface area contributed by atoms with E-state index < -0.39 is 22.5 Å². The molecule has 0 unspecified atom stereocenters. The summed E-state index contributed by atoms with van der Waals surface area (Å²) >= 11 is 12.3. The van der Waals surface area contributed by atoms with Crippen LogP contribution in [0.3, 0.4) is 0 Å². The number of carbonyl (C=O) groups excluding carboxylic acids is 1. The third-order valence-electron chi connectivity index (χ3n) is 4.01. The Hall–Kier alpha value is -1.96. The van der Waals surface area contributed by atoms with Gasteiger partial charge < -0.3 is 9.47 Å². The van der Waals surface area contributed by atoms with Gasteiger partial charge in [-0.1, -0.05) is 42.3 Å². The van der Waals surface area contributed by atoms with Crippen LogP contribution >= 0.6 is 23.2 Å². The standard InChI is InChI=1S/C19H21Cl2NO5S/c1-4-13-6-8-14(9-7-13)22(12-17(23)27-5-2)28(24,25)16-11-10-15(26-3)18(20)19(16)21/h6-11H,4-5,12H2,1-3H3. The molecule has 0 saturated heterocycles. The fourth-order valence-electron chi connectivity index (χ4n) is 2.53. The van der Waals surface area contributed by atoms with E-state index in [1.54, 1.807) is 31.2 Å². The highest BCUT2D eigenvalue weighted by Gasteiger charge is 2.31. The monoisotopic (exact) mass is 445 g/mol. The molecule has 0 atom stereocenters. The summed E-state index contributed by atoms with van der Waals surface area (Å²) in [6, 6.07) is 9.56. The van der Waals surface area contributed by atoms with Gasteiger partial charge in [-0.05, 0) is 43.2 Å². The molecule has 0 fully saturated rings. The van der Waals surface area contributed by atoms with E-state index in [1.165, 1.54) is 19.2 Å². The molecule has 0 spiro atoms. The van der Waals surface area contributed by atoms with E-state index in [-0.39, 0.29) is 27.3 Å². The normalized spacial score (nSPS) is 11.2. The molecule has 0 bridgehead atoms. The van der Waals surface area contributed by atoms with Gasteiger partial charge in [0.2, 0.25) is 0 Å². The number of benzene rings is 2. The van der Waals surface area contributed by atoms with Crippen molar-refractivity contribution in [1.29, 1.82) is 0 Å². The number of esters is 1. The van der Waals surface area contributed by atoms with E-state index in [0.717, 1.165) is 16.3 Å². The highest BCUT2D eigenvalue weighted by Crippen LogP contribution is 2.38. The average molecular weight is 446 g/mol. The van der Waals surface area contributed by atoms with Crippen molar-refractivity contribution in [2.24, 2.45) is 0 Å². The van der Waals surface area contributed by atoms with Gasteiger partial charge in [0.15, 0.2) is 0 Å². The van der Waals surface area contributed by atoms with Crippen LogP contribution in [0.25, 0.3) is 0 Å². The Morgan fingerprint density at radius 3 is 2.21 bits per heavy atom. The highest BCUT2D eigenvalue weighted by molar-refractivity contribution is 7.93. The van der Waals surface area contributed by atoms with Crippen LogP contribution in [-0.2, 0) is 26.0 Å². The van der Waals surface area contributed by atoms with Crippen LogP contribution in [0.15, 0.2) is 41.3 Å². The summed E-state index contributed by atoms with van der Waals surface area (Å²) in [5.74, 6) is -0.434. The van der Waals surface area contributed by atoms with Crippen molar-refractivity contribution in [1.82, 2.24) is 0 Å².